The Morgan fingerprint density at radius 3 is 2.59 bits per heavy atom. The summed E-state index contributed by atoms with van der Waals surface area (Å²) >= 11 is 3.17. The number of carbonyl (C=O) groups is 1. The Kier molecular flexibility index (Phi) is 6.45. The molecule has 0 spiro atoms. The fraction of sp³-hybridized carbons (Fsp3) is 0.0526. The number of anilines is 1. The number of halogens is 2. The van der Waals surface area contributed by atoms with Gasteiger partial charge in [0.2, 0.25) is 6.86 Å². The number of pyridine rings is 1. The van der Waals surface area contributed by atoms with Crippen molar-refractivity contribution in [3.8, 4) is 11.5 Å². The van der Waals surface area contributed by atoms with Crippen molar-refractivity contribution in [2.45, 2.75) is 4.90 Å². The van der Waals surface area contributed by atoms with E-state index in [-0.39, 0.29) is 21.9 Å². The number of ether oxygens (including phenoxy) is 2. The van der Waals surface area contributed by atoms with Gasteiger partial charge in [-0.25, -0.2) is 17.6 Å². The predicted molar refractivity (Wildman–Crippen MR) is 107 cm³/mol. The highest BCUT2D eigenvalue weighted by Crippen LogP contribution is 2.29. The van der Waals surface area contributed by atoms with Crippen molar-refractivity contribution >= 4 is 37.6 Å². The van der Waals surface area contributed by atoms with Crippen molar-refractivity contribution in [2.24, 2.45) is 0 Å². The number of esters is 1. The quantitative estimate of drug-likeness (QED) is 0.402. The van der Waals surface area contributed by atoms with E-state index in [2.05, 4.69) is 25.6 Å². The number of carbonyl (C=O) groups excluding carboxylic acids is 1. The second-order valence-electron chi connectivity index (χ2n) is 5.61. The Morgan fingerprint density at radius 2 is 1.86 bits per heavy atom. The normalized spacial score (nSPS) is 11.0. The van der Waals surface area contributed by atoms with Gasteiger partial charge >= 0.3 is 5.97 Å². The van der Waals surface area contributed by atoms with Gasteiger partial charge in [0, 0.05) is 10.7 Å². The first-order valence-corrected chi connectivity index (χ1v) is 10.4. The molecule has 0 unspecified atom stereocenters. The summed E-state index contributed by atoms with van der Waals surface area (Å²) in [5.74, 6) is -0.518. The topological polar surface area (TPSA) is 94.6 Å². The maximum absolute atomic E-state index is 12.7. The summed E-state index contributed by atoms with van der Waals surface area (Å²) in [4.78, 5) is 15.9. The lowest BCUT2D eigenvalue weighted by atomic mass is 10.2. The van der Waals surface area contributed by atoms with Gasteiger partial charge in [-0.05, 0) is 36.4 Å². The van der Waals surface area contributed by atoms with E-state index in [4.69, 9.17) is 9.47 Å². The first-order valence-electron chi connectivity index (χ1n) is 8.12. The van der Waals surface area contributed by atoms with Gasteiger partial charge in [-0.1, -0.05) is 34.1 Å². The third-order valence-electron chi connectivity index (χ3n) is 3.59. The van der Waals surface area contributed by atoms with E-state index in [9.17, 15) is 17.6 Å². The first kappa shape index (κ1) is 20.7. The molecule has 2 aromatic carbocycles. The number of sulfonamides is 1. The van der Waals surface area contributed by atoms with E-state index >= 15 is 0 Å². The molecule has 150 valence electrons. The number of nitrogens with zero attached hydrogens (tertiary/aromatic N) is 1. The molecule has 1 aromatic heterocycles. The number of hydrogen-bond donors (Lipinski definition) is 1. The minimum atomic E-state index is -4.15. The fourth-order valence-electron chi connectivity index (χ4n) is 2.34. The van der Waals surface area contributed by atoms with Crippen molar-refractivity contribution in [3.63, 3.8) is 0 Å². The van der Waals surface area contributed by atoms with Crippen LogP contribution < -0.4 is 14.2 Å². The molecule has 10 heteroatoms. The zero-order chi connectivity index (χ0) is 20.9. The second kappa shape index (κ2) is 9.01. The molecule has 1 heterocycles. The Labute approximate surface area is 174 Å². The average molecular weight is 481 g/mol. The molecule has 0 amide bonds. The summed E-state index contributed by atoms with van der Waals surface area (Å²) in [6.45, 7) is -1.19. The fourth-order valence-corrected chi connectivity index (χ4v) is 4.06. The van der Waals surface area contributed by atoms with Crippen LogP contribution in [-0.2, 0) is 10.0 Å². The Balaban J connectivity index is 1.84. The summed E-state index contributed by atoms with van der Waals surface area (Å²) in [5, 5.41) is 0. The molecule has 0 atom stereocenters. The molecule has 3 rings (SSSR count). The number of para-hydroxylation sites is 1. The SMILES string of the molecule is O=C(Oc1ccccc1)c1cncc(NS(=O)(=O)c2cc(Br)ccc2OCF)c1. The van der Waals surface area contributed by atoms with Crippen molar-refractivity contribution in [1.29, 1.82) is 0 Å². The van der Waals surface area contributed by atoms with Crippen LogP contribution in [0.4, 0.5) is 10.1 Å². The van der Waals surface area contributed by atoms with E-state index < -0.39 is 22.9 Å². The summed E-state index contributed by atoms with van der Waals surface area (Å²) < 4.78 is 50.8. The van der Waals surface area contributed by atoms with Crippen LogP contribution >= 0.6 is 15.9 Å². The maximum Gasteiger partial charge on any atom is 0.345 e. The van der Waals surface area contributed by atoms with E-state index in [1.807, 2.05) is 0 Å². The number of rotatable bonds is 7. The van der Waals surface area contributed by atoms with Crippen LogP contribution in [0, 0.1) is 0 Å². The number of nitrogens with one attached hydrogen (secondary N) is 1. The van der Waals surface area contributed by atoms with Crippen LogP contribution in [0.2, 0.25) is 0 Å². The van der Waals surface area contributed by atoms with Crippen molar-refractivity contribution in [3.05, 3.63) is 77.0 Å². The van der Waals surface area contributed by atoms with Crippen LogP contribution in [0.25, 0.3) is 0 Å². The van der Waals surface area contributed by atoms with E-state index in [1.165, 1.54) is 36.7 Å². The molecule has 0 radical (unpaired) electrons. The third-order valence-corrected chi connectivity index (χ3v) is 5.48. The van der Waals surface area contributed by atoms with E-state index in [0.717, 1.165) is 0 Å². The molecule has 0 fully saturated rings. The zero-order valence-corrected chi connectivity index (χ0v) is 17.1. The molecule has 0 saturated heterocycles. The van der Waals surface area contributed by atoms with Gasteiger partial charge in [0.05, 0.1) is 17.4 Å². The van der Waals surface area contributed by atoms with Gasteiger partial charge in [0.25, 0.3) is 10.0 Å². The van der Waals surface area contributed by atoms with Crippen LogP contribution in [0.1, 0.15) is 10.4 Å². The largest absolute Gasteiger partial charge is 0.461 e. The zero-order valence-electron chi connectivity index (χ0n) is 14.7. The molecule has 7 nitrogen and oxygen atoms in total. The van der Waals surface area contributed by atoms with Crippen molar-refractivity contribution in [2.75, 3.05) is 11.6 Å². The van der Waals surface area contributed by atoms with Crippen LogP contribution in [0.3, 0.4) is 0 Å². The molecule has 29 heavy (non-hydrogen) atoms. The standard InChI is InChI=1S/C19H14BrFN2O5S/c20-14-6-7-17(27-12-21)18(9-14)29(25,26)23-15-8-13(10-22-11-15)19(24)28-16-4-2-1-3-5-16/h1-11,23H,12H2. The van der Waals surface area contributed by atoms with Crippen molar-refractivity contribution < 1.29 is 27.1 Å². The molecule has 0 aliphatic heterocycles. The smallest absolute Gasteiger partial charge is 0.345 e. The monoisotopic (exact) mass is 480 g/mol. The first-order chi connectivity index (χ1) is 13.9. The van der Waals surface area contributed by atoms with Gasteiger partial charge in [-0.3, -0.25) is 9.71 Å². The Morgan fingerprint density at radius 1 is 1.10 bits per heavy atom. The lowest BCUT2D eigenvalue weighted by Crippen LogP contribution is -2.16. The minimum Gasteiger partial charge on any atom is -0.461 e. The molecule has 0 saturated carbocycles. The Hall–Kier alpha value is -2.98. The summed E-state index contributed by atoms with van der Waals surface area (Å²) in [6.07, 6.45) is 2.48. The minimum absolute atomic E-state index is 0.0266. The number of benzene rings is 2. The second-order valence-corrected chi connectivity index (χ2v) is 8.18. The van der Waals surface area contributed by atoms with Crippen molar-refractivity contribution in [1.82, 2.24) is 4.98 Å². The highest BCUT2D eigenvalue weighted by molar-refractivity contribution is 9.10. The third kappa shape index (κ3) is 5.30. The number of alkyl halides is 1. The molecule has 0 aliphatic rings. The number of hydrogen-bond acceptors (Lipinski definition) is 6. The van der Waals surface area contributed by atoms with Gasteiger partial charge in [-0.2, -0.15) is 0 Å². The molecular weight excluding hydrogens is 467 g/mol. The van der Waals surface area contributed by atoms with Gasteiger partial charge in [0.1, 0.15) is 16.4 Å². The molecular formula is C19H14BrFN2O5S. The summed E-state index contributed by atoms with van der Waals surface area (Å²) in [7, 11) is -4.15. The molecule has 1 N–H and O–H groups in total. The van der Waals surface area contributed by atoms with Crippen LogP contribution in [0.5, 0.6) is 11.5 Å². The predicted octanol–water partition coefficient (Wildman–Crippen LogP) is 4.17. The van der Waals surface area contributed by atoms with Gasteiger partial charge in [0.15, 0.2) is 0 Å². The van der Waals surface area contributed by atoms with Gasteiger partial charge < -0.3 is 9.47 Å². The van der Waals surface area contributed by atoms with E-state index in [0.29, 0.717) is 10.2 Å². The lowest BCUT2D eigenvalue weighted by Gasteiger charge is -2.12. The van der Waals surface area contributed by atoms with Gasteiger partial charge in [-0.15, -0.1) is 0 Å². The summed E-state index contributed by atoms with van der Waals surface area (Å²) in [6, 6.07) is 13.8. The molecule has 0 bridgehead atoms. The number of aromatic nitrogens is 1. The molecule has 3 aromatic rings. The highest BCUT2D eigenvalue weighted by atomic mass is 79.9. The van der Waals surface area contributed by atoms with E-state index in [1.54, 1.807) is 30.3 Å². The maximum atomic E-state index is 12.7. The molecule has 0 aliphatic carbocycles. The summed E-state index contributed by atoms with van der Waals surface area (Å²) in [5.41, 5.74) is 0.0715. The lowest BCUT2D eigenvalue weighted by molar-refractivity contribution is 0.0734. The Bertz CT molecular complexity index is 1130. The average Bonchev–Trinajstić information content (AvgIpc) is 2.70. The highest BCUT2D eigenvalue weighted by Gasteiger charge is 2.21. The van der Waals surface area contributed by atoms with Crippen LogP contribution in [-0.4, -0.2) is 26.2 Å². The van der Waals surface area contributed by atoms with Crippen LogP contribution in [0.15, 0.2) is 76.4 Å².